The fraction of sp³-hybridized carbons (Fsp3) is 0.588. The molecular weight excluding hydrogens is 279 g/mol. The van der Waals surface area contributed by atoms with Crippen molar-refractivity contribution in [2.24, 2.45) is 4.99 Å². The van der Waals surface area contributed by atoms with E-state index in [0.29, 0.717) is 11.5 Å². The second kappa shape index (κ2) is 7.58. The maximum absolute atomic E-state index is 13.7. The highest BCUT2D eigenvalue weighted by atomic mass is 19.1. The van der Waals surface area contributed by atoms with Gasteiger partial charge in [0.1, 0.15) is 5.82 Å². The fourth-order valence-corrected chi connectivity index (χ4v) is 1.82. The molecule has 1 aromatic carbocycles. The van der Waals surface area contributed by atoms with Gasteiger partial charge in [0.2, 0.25) is 0 Å². The maximum atomic E-state index is 13.7. The van der Waals surface area contributed by atoms with Gasteiger partial charge in [-0.1, -0.05) is 12.1 Å². The van der Waals surface area contributed by atoms with Gasteiger partial charge < -0.3 is 15.5 Å². The van der Waals surface area contributed by atoms with Gasteiger partial charge in [0.25, 0.3) is 0 Å². The van der Waals surface area contributed by atoms with E-state index in [9.17, 15) is 4.39 Å². The van der Waals surface area contributed by atoms with Crippen LogP contribution in [0.25, 0.3) is 0 Å². The lowest BCUT2D eigenvalue weighted by Crippen LogP contribution is -2.51. The predicted molar refractivity (Wildman–Crippen MR) is 91.8 cm³/mol. The lowest BCUT2D eigenvalue weighted by molar-refractivity contribution is 0.197. The Kier molecular flexibility index (Phi) is 6.35. The lowest BCUT2D eigenvalue weighted by Gasteiger charge is -2.33. The van der Waals surface area contributed by atoms with E-state index in [0.717, 1.165) is 12.1 Å². The Morgan fingerprint density at radius 2 is 2.00 bits per heavy atom. The van der Waals surface area contributed by atoms with E-state index in [2.05, 4.69) is 48.5 Å². The number of likely N-dealkylation sites (N-methyl/N-ethyl adjacent to an activating group) is 1. The molecule has 1 unspecified atom stereocenters. The quantitative estimate of drug-likeness (QED) is 0.649. The summed E-state index contributed by atoms with van der Waals surface area (Å²) in [6, 6.07) is 5.29. The van der Waals surface area contributed by atoms with Crippen molar-refractivity contribution < 1.29 is 4.39 Å². The normalized spacial score (nSPS) is 14.1. The van der Waals surface area contributed by atoms with Crippen LogP contribution in [0.15, 0.2) is 23.2 Å². The highest BCUT2D eigenvalue weighted by molar-refractivity contribution is 5.80. The SMILES string of the molecule is CN=C(NCC(C)(C)N(C)C)NC(C)c1ccc(C)c(F)c1. The van der Waals surface area contributed by atoms with E-state index in [4.69, 9.17) is 0 Å². The summed E-state index contributed by atoms with van der Waals surface area (Å²) < 4.78 is 13.7. The molecular formula is C17H29FN4. The Balaban J connectivity index is 2.68. The average Bonchev–Trinajstić information content (AvgIpc) is 2.45. The molecule has 0 amide bonds. The topological polar surface area (TPSA) is 39.7 Å². The molecule has 0 bridgehead atoms. The van der Waals surface area contributed by atoms with Crippen molar-refractivity contribution in [3.8, 4) is 0 Å². The molecule has 0 aliphatic heterocycles. The molecule has 5 heteroatoms. The minimum absolute atomic E-state index is 0.0107. The van der Waals surface area contributed by atoms with Crippen LogP contribution in [0.1, 0.15) is 37.9 Å². The van der Waals surface area contributed by atoms with Crippen LogP contribution in [0.2, 0.25) is 0 Å². The third-order valence-electron chi connectivity index (χ3n) is 4.17. The molecule has 0 heterocycles. The van der Waals surface area contributed by atoms with Gasteiger partial charge in [-0.25, -0.2) is 4.39 Å². The third-order valence-corrected chi connectivity index (χ3v) is 4.17. The van der Waals surface area contributed by atoms with Gasteiger partial charge in [-0.3, -0.25) is 4.99 Å². The summed E-state index contributed by atoms with van der Waals surface area (Å²) in [5, 5.41) is 6.62. The Bertz CT molecular complexity index is 523. The minimum Gasteiger partial charge on any atom is -0.355 e. The molecule has 0 radical (unpaired) electrons. The monoisotopic (exact) mass is 308 g/mol. The summed E-state index contributed by atoms with van der Waals surface area (Å²) in [7, 11) is 5.84. The Hall–Kier alpha value is -1.62. The van der Waals surface area contributed by atoms with Crippen LogP contribution in [0.3, 0.4) is 0 Å². The molecule has 0 fully saturated rings. The van der Waals surface area contributed by atoms with E-state index in [-0.39, 0.29) is 17.4 Å². The van der Waals surface area contributed by atoms with Crippen LogP contribution < -0.4 is 10.6 Å². The van der Waals surface area contributed by atoms with Crippen molar-refractivity contribution in [3.63, 3.8) is 0 Å². The van der Waals surface area contributed by atoms with Crippen LogP contribution in [0, 0.1) is 12.7 Å². The summed E-state index contributed by atoms with van der Waals surface area (Å²) in [5.41, 5.74) is 1.57. The summed E-state index contributed by atoms with van der Waals surface area (Å²) in [6.45, 7) is 8.84. The largest absolute Gasteiger partial charge is 0.355 e. The summed E-state index contributed by atoms with van der Waals surface area (Å²) in [4.78, 5) is 6.40. The third kappa shape index (κ3) is 4.98. The van der Waals surface area contributed by atoms with Crippen molar-refractivity contribution in [1.29, 1.82) is 0 Å². The number of nitrogens with one attached hydrogen (secondary N) is 2. The Morgan fingerprint density at radius 1 is 1.36 bits per heavy atom. The van der Waals surface area contributed by atoms with E-state index < -0.39 is 0 Å². The van der Waals surface area contributed by atoms with Crippen molar-refractivity contribution >= 4 is 5.96 Å². The van der Waals surface area contributed by atoms with Gasteiger partial charge in [-0.05, 0) is 59.0 Å². The predicted octanol–water partition coefficient (Wildman–Crippen LogP) is 2.70. The summed E-state index contributed by atoms with van der Waals surface area (Å²) in [6.07, 6.45) is 0. The standard InChI is InChI=1S/C17H29FN4/c1-12-8-9-14(10-15(12)18)13(2)21-16(19-5)20-11-17(3,4)22(6)7/h8-10,13H,11H2,1-7H3,(H2,19,20,21). The van der Waals surface area contributed by atoms with Crippen molar-refractivity contribution in [2.75, 3.05) is 27.7 Å². The first-order chi connectivity index (χ1) is 10.2. The number of hydrogen-bond donors (Lipinski definition) is 2. The first kappa shape index (κ1) is 18.4. The van der Waals surface area contributed by atoms with Crippen LogP contribution in [-0.4, -0.2) is 44.1 Å². The van der Waals surface area contributed by atoms with Crippen LogP contribution in [0.4, 0.5) is 4.39 Å². The minimum atomic E-state index is -0.178. The second-order valence-corrected chi connectivity index (χ2v) is 6.51. The number of rotatable bonds is 5. The maximum Gasteiger partial charge on any atom is 0.191 e. The van der Waals surface area contributed by atoms with E-state index >= 15 is 0 Å². The number of guanidine groups is 1. The Labute approximate surface area is 133 Å². The molecule has 1 aromatic rings. The van der Waals surface area contributed by atoms with Crippen LogP contribution in [0.5, 0.6) is 0 Å². The number of nitrogens with zero attached hydrogens (tertiary/aromatic N) is 2. The van der Waals surface area contributed by atoms with E-state index in [1.54, 1.807) is 26.1 Å². The van der Waals surface area contributed by atoms with E-state index in [1.165, 1.54) is 0 Å². The average molecular weight is 308 g/mol. The molecule has 22 heavy (non-hydrogen) atoms. The molecule has 124 valence electrons. The lowest BCUT2D eigenvalue weighted by atomic mass is 10.0. The molecule has 0 spiro atoms. The summed E-state index contributed by atoms with van der Waals surface area (Å²) in [5.74, 6) is 0.534. The van der Waals surface area contributed by atoms with Crippen LogP contribution in [-0.2, 0) is 0 Å². The molecule has 0 saturated heterocycles. The molecule has 4 nitrogen and oxygen atoms in total. The van der Waals surface area contributed by atoms with Gasteiger partial charge >= 0.3 is 0 Å². The zero-order valence-electron chi connectivity index (χ0n) is 14.8. The molecule has 0 aliphatic rings. The van der Waals surface area contributed by atoms with Gasteiger partial charge in [0.15, 0.2) is 5.96 Å². The van der Waals surface area contributed by atoms with Gasteiger partial charge in [0.05, 0.1) is 6.04 Å². The smallest absolute Gasteiger partial charge is 0.191 e. The molecule has 0 saturated carbocycles. The van der Waals surface area contributed by atoms with Crippen molar-refractivity contribution in [3.05, 3.63) is 35.1 Å². The molecule has 1 atom stereocenters. The van der Waals surface area contributed by atoms with Crippen molar-refractivity contribution in [1.82, 2.24) is 15.5 Å². The van der Waals surface area contributed by atoms with Gasteiger partial charge in [-0.15, -0.1) is 0 Å². The zero-order valence-corrected chi connectivity index (χ0v) is 14.8. The fourth-order valence-electron chi connectivity index (χ4n) is 1.82. The number of halogens is 1. The van der Waals surface area contributed by atoms with Crippen molar-refractivity contribution in [2.45, 2.75) is 39.3 Å². The van der Waals surface area contributed by atoms with Gasteiger partial charge in [-0.2, -0.15) is 0 Å². The highest BCUT2D eigenvalue weighted by Crippen LogP contribution is 2.16. The highest BCUT2D eigenvalue weighted by Gasteiger charge is 2.21. The summed E-state index contributed by atoms with van der Waals surface area (Å²) >= 11 is 0. The molecule has 2 N–H and O–H groups in total. The molecule has 0 aromatic heterocycles. The first-order valence-electron chi connectivity index (χ1n) is 7.58. The number of aryl methyl sites for hydroxylation is 1. The zero-order chi connectivity index (χ0) is 16.9. The number of aliphatic imine (C=N–C) groups is 1. The van der Waals surface area contributed by atoms with Crippen LogP contribution >= 0.6 is 0 Å². The Morgan fingerprint density at radius 3 is 2.50 bits per heavy atom. The first-order valence-corrected chi connectivity index (χ1v) is 7.58. The van der Waals surface area contributed by atoms with E-state index in [1.807, 2.05) is 13.0 Å². The van der Waals surface area contributed by atoms with Gasteiger partial charge in [0, 0.05) is 19.1 Å². The molecule has 1 rings (SSSR count). The number of hydrogen-bond acceptors (Lipinski definition) is 2. The number of benzene rings is 1. The molecule has 0 aliphatic carbocycles. The second-order valence-electron chi connectivity index (χ2n) is 6.51.